The van der Waals surface area contributed by atoms with Crippen molar-refractivity contribution in [2.75, 3.05) is 19.8 Å². The van der Waals surface area contributed by atoms with E-state index in [2.05, 4.69) is 5.32 Å². The number of benzene rings is 2. The third kappa shape index (κ3) is 7.24. The molecule has 178 valence electrons. The number of carbonyl (C=O) groups is 2. The van der Waals surface area contributed by atoms with Gasteiger partial charge in [0, 0.05) is 18.5 Å². The lowest BCUT2D eigenvalue weighted by Gasteiger charge is -2.33. The van der Waals surface area contributed by atoms with Gasteiger partial charge in [-0.05, 0) is 63.3 Å². The summed E-state index contributed by atoms with van der Waals surface area (Å²) in [5.74, 6) is 1.34. The fourth-order valence-electron chi connectivity index (χ4n) is 3.99. The number of hydrogen-bond acceptors (Lipinski definition) is 4. The topological polar surface area (TPSA) is 67.9 Å². The van der Waals surface area contributed by atoms with E-state index >= 15 is 0 Å². The van der Waals surface area contributed by atoms with E-state index in [4.69, 9.17) is 9.47 Å². The molecule has 0 fully saturated rings. The Morgan fingerprint density at radius 1 is 0.970 bits per heavy atom. The number of hydrogen-bond donors (Lipinski definition) is 1. The standard InChI is InChI=1S/C27H36N2O4/c1-5-22(26(31)28-27(2,3)4)29(16-15-20-9-7-6-8-10-20)25(30)14-12-21-11-13-23-24(19-21)33-18-17-32-23/h6-11,13,19,22H,5,12,14-18H2,1-4H3,(H,28,31)/t22-/m0/s1. The van der Waals surface area contributed by atoms with E-state index in [0.717, 1.165) is 22.6 Å². The van der Waals surface area contributed by atoms with Gasteiger partial charge >= 0.3 is 0 Å². The van der Waals surface area contributed by atoms with Crippen molar-refractivity contribution in [2.45, 2.75) is 65.0 Å². The molecule has 2 amide bonds. The molecular weight excluding hydrogens is 416 g/mol. The zero-order valence-corrected chi connectivity index (χ0v) is 20.2. The van der Waals surface area contributed by atoms with Gasteiger partial charge in [-0.2, -0.15) is 0 Å². The summed E-state index contributed by atoms with van der Waals surface area (Å²) in [6.45, 7) is 9.40. The molecule has 1 N–H and O–H groups in total. The molecule has 0 saturated heterocycles. The van der Waals surface area contributed by atoms with Gasteiger partial charge in [-0.25, -0.2) is 0 Å². The van der Waals surface area contributed by atoms with E-state index in [-0.39, 0.29) is 17.4 Å². The van der Waals surface area contributed by atoms with Gasteiger partial charge in [-0.1, -0.05) is 43.3 Å². The van der Waals surface area contributed by atoms with Crippen LogP contribution < -0.4 is 14.8 Å². The first-order chi connectivity index (χ1) is 15.8. The molecule has 0 radical (unpaired) electrons. The smallest absolute Gasteiger partial charge is 0.243 e. The number of carbonyl (C=O) groups excluding carboxylic acids is 2. The summed E-state index contributed by atoms with van der Waals surface area (Å²) in [5, 5.41) is 3.05. The molecule has 6 nitrogen and oxygen atoms in total. The lowest BCUT2D eigenvalue weighted by Crippen LogP contribution is -2.54. The van der Waals surface area contributed by atoms with Gasteiger partial charge in [0.15, 0.2) is 11.5 Å². The maximum atomic E-state index is 13.4. The second kappa shape index (κ2) is 11.2. The van der Waals surface area contributed by atoms with Crippen molar-refractivity contribution in [1.82, 2.24) is 10.2 Å². The van der Waals surface area contributed by atoms with Crippen molar-refractivity contribution in [2.24, 2.45) is 0 Å². The molecule has 2 aromatic rings. The Kier molecular flexibility index (Phi) is 8.37. The van der Waals surface area contributed by atoms with Crippen LogP contribution in [-0.4, -0.2) is 48.1 Å². The van der Waals surface area contributed by atoms with Gasteiger partial charge in [0.2, 0.25) is 11.8 Å². The quantitative estimate of drug-likeness (QED) is 0.621. The highest BCUT2D eigenvalue weighted by Crippen LogP contribution is 2.31. The predicted molar refractivity (Wildman–Crippen MR) is 130 cm³/mol. The van der Waals surface area contributed by atoms with Crippen molar-refractivity contribution >= 4 is 11.8 Å². The van der Waals surface area contributed by atoms with Gasteiger partial charge in [0.1, 0.15) is 19.3 Å². The van der Waals surface area contributed by atoms with E-state index in [0.29, 0.717) is 45.4 Å². The molecule has 1 atom stereocenters. The van der Waals surface area contributed by atoms with Gasteiger partial charge in [-0.15, -0.1) is 0 Å². The van der Waals surface area contributed by atoms with E-state index < -0.39 is 6.04 Å². The zero-order chi connectivity index (χ0) is 23.8. The van der Waals surface area contributed by atoms with Crippen LogP contribution in [0.5, 0.6) is 11.5 Å². The number of amides is 2. The number of ether oxygens (including phenoxy) is 2. The van der Waals surface area contributed by atoms with Crippen LogP contribution in [0.3, 0.4) is 0 Å². The Labute approximate surface area is 197 Å². The first-order valence-corrected chi connectivity index (χ1v) is 11.8. The number of rotatable bonds is 9. The maximum absolute atomic E-state index is 13.4. The number of fused-ring (bicyclic) bond motifs is 1. The maximum Gasteiger partial charge on any atom is 0.243 e. The van der Waals surface area contributed by atoms with Gasteiger partial charge in [0.25, 0.3) is 0 Å². The first kappa shape index (κ1) is 24.6. The molecule has 2 aromatic carbocycles. The average Bonchev–Trinajstić information content (AvgIpc) is 2.79. The van der Waals surface area contributed by atoms with Gasteiger partial charge in [-0.3, -0.25) is 9.59 Å². The summed E-state index contributed by atoms with van der Waals surface area (Å²) < 4.78 is 11.2. The lowest BCUT2D eigenvalue weighted by atomic mass is 10.0. The fourth-order valence-corrected chi connectivity index (χ4v) is 3.99. The minimum atomic E-state index is -0.499. The van der Waals surface area contributed by atoms with Crippen LogP contribution in [0, 0.1) is 0 Å². The molecule has 0 aromatic heterocycles. The highest BCUT2D eigenvalue weighted by Gasteiger charge is 2.30. The highest BCUT2D eigenvalue weighted by atomic mass is 16.6. The summed E-state index contributed by atoms with van der Waals surface area (Å²) in [6, 6.07) is 15.4. The van der Waals surface area contributed by atoms with Crippen LogP contribution in [0.4, 0.5) is 0 Å². The Bertz CT molecular complexity index is 937. The second-order valence-corrected chi connectivity index (χ2v) is 9.46. The number of nitrogens with zero attached hydrogens (tertiary/aromatic N) is 1. The summed E-state index contributed by atoms with van der Waals surface area (Å²) in [5.41, 5.74) is 1.81. The SMILES string of the molecule is CC[C@@H](C(=O)NC(C)(C)C)N(CCc1ccccc1)C(=O)CCc1ccc2c(c1)OCCO2. The molecule has 0 aliphatic carbocycles. The van der Waals surface area contributed by atoms with E-state index in [1.165, 1.54) is 0 Å². The van der Waals surface area contributed by atoms with Crippen LogP contribution in [-0.2, 0) is 22.4 Å². The van der Waals surface area contributed by atoms with Crippen molar-refractivity contribution in [3.63, 3.8) is 0 Å². The Hall–Kier alpha value is -3.02. The minimum Gasteiger partial charge on any atom is -0.486 e. The Morgan fingerprint density at radius 3 is 2.33 bits per heavy atom. The minimum absolute atomic E-state index is 0.0169. The van der Waals surface area contributed by atoms with Crippen LogP contribution in [0.2, 0.25) is 0 Å². The zero-order valence-electron chi connectivity index (χ0n) is 20.2. The molecule has 6 heteroatoms. The summed E-state index contributed by atoms with van der Waals surface area (Å²) in [4.78, 5) is 28.2. The summed E-state index contributed by atoms with van der Waals surface area (Å²) in [7, 11) is 0. The molecule has 33 heavy (non-hydrogen) atoms. The molecule has 0 spiro atoms. The summed E-state index contributed by atoms with van der Waals surface area (Å²) in [6.07, 6.45) is 2.17. The molecule has 3 rings (SSSR count). The molecule has 1 heterocycles. The van der Waals surface area contributed by atoms with Crippen LogP contribution >= 0.6 is 0 Å². The molecular formula is C27H36N2O4. The number of nitrogens with one attached hydrogen (secondary N) is 1. The highest BCUT2D eigenvalue weighted by molar-refractivity contribution is 5.88. The third-order valence-corrected chi connectivity index (χ3v) is 5.60. The monoisotopic (exact) mass is 452 g/mol. The molecule has 1 aliphatic rings. The predicted octanol–water partition coefficient (Wildman–Crippen LogP) is 4.16. The second-order valence-electron chi connectivity index (χ2n) is 9.46. The molecule has 0 saturated carbocycles. The molecule has 0 unspecified atom stereocenters. The fraction of sp³-hybridized carbons (Fsp3) is 0.481. The van der Waals surface area contributed by atoms with Crippen molar-refractivity contribution in [3.05, 3.63) is 59.7 Å². The summed E-state index contributed by atoms with van der Waals surface area (Å²) >= 11 is 0. The third-order valence-electron chi connectivity index (χ3n) is 5.60. The van der Waals surface area contributed by atoms with Crippen molar-refractivity contribution < 1.29 is 19.1 Å². The Morgan fingerprint density at radius 2 is 1.67 bits per heavy atom. The van der Waals surface area contributed by atoms with Crippen LogP contribution in [0.15, 0.2) is 48.5 Å². The average molecular weight is 453 g/mol. The molecule has 0 bridgehead atoms. The van der Waals surface area contributed by atoms with Crippen molar-refractivity contribution in [3.8, 4) is 11.5 Å². The van der Waals surface area contributed by atoms with Crippen LogP contribution in [0.25, 0.3) is 0 Å². The van der Waals surface area contributed by atoms with E-state index in [1.54, 1.807) is 4.90 Å². The van der Waals surface area contributed by atoms with E-state index in [9.17, 15) is 9.59 Å². The molecule has 1 aliphatic heterocycles. The Balaban J connectivity index is 1.72. The van der Waals surface area contributed by atoms with E-state index in [1.807, 2.05) is 76.2 Å². The number of aryl methyl sites for hydroxylation is 1. The van der Waals surface area contributed by atoms with Gasteiger partial charge < -0.3 is 19.7 Å². The van der Waals surface area contributed by atoms with Crippen LogP contribution in [0.1, 0.15) is 51.7 Å². The normalized spacial score (nSPS) is 13.8. The van der Waals surface area contributed by atoms with Crippen molar-refractivity contribution in [1.29, 1.82) is 0 Å². The first-order valence-electron chi connectivity index (χ1n) is 11.8. The lowest BCUT2D eigenvalue weighted by molar-refractivity contribution is -0.141. The largest absolute Gasteiger partial charge is 0.486 e. The van der Waals surface area contributed by atoms with Gasteiger partial charge in [0.05, 0.1) is 0 Å².